The van der Waals surface area contributed by atoms with Crippen molar-refractivity contribution in [3.63, 3.8) is 0 Å². The van der Waals surface area contributed by atoms with E-state index in [2.05, 4.69) is 21.3 Å². The summed E-state index contributed by atoms with van der Waals surface area (Å²) in [5.74, 6) is -9.05. The van der Waals surface area contributed by atoms with E-state index in [1.54, 1.807) is 0 Å². The molecule has 4 amide bonds. The maximum absolute atomic E-state index is 13.5. The summed E-state index contributed by atoms with van der Waals surface area (Å²) in [6.45, 7) is -3.07. The molecular weight excluding hydrogens is 1450 g/mol. The van der Waals surface area contributed by atoms with Crippen LogP contribution in [0.25, 0.3) is 0 Å². The normalized spacial score (nSPS) is 47.2. The van der Waals surface area contributed by atoms with Crippen LogP contribution in [0, 0.1) is 0 Å². The SMILES string of the molecule is CC(=O)N[C@@H]1[C@@H](O)[C@H](O[C@@H]2O[C@H](CO)[C@@H](O[C@@H]3O[C@H](CO)[C@@H](O)[C@H](O[C@H]4O[C@H](CO)[C@@H](O)[C@H](O)[C@@H]4O[C@@H]4O[C@H](CO)[C@@H](O[C@@H]5O[C@H](CO)[C@H](O)[C@H](O[C@]6(C(=O)O)C[C@H](O)[C@@H](NC(C)=O)[C@H]([C@H](O)[C@H](O)CO)O6)[C@H]5O)[C@H](O[C@@H]5O[C@@H](C)[C@@H](O)[C@@H](O)[C@@H]5O)[C@H]4NC(C)=O)[C@@H]3O)[C@H](O)[C@H]2NC(C)=O)[C@@H](CO)O[C@H]1O. The van der Waals surface area contributed by atoms with E-state index in [9.17, 15) is 141 Å². The van der Waals surface area contributed by atoms with Crippen LogP contribution < -0.4 is 21.3 Å². The van der Waals surface area contributed by atoms with Crippen LogP contribution in [0.4, 0.5) is 0 Å². The predicted octanol–water partition coefficient (Wildman–Crippen LogP) is -17.6. The molecule has 8 aliphatic heterocycles. The minimum Gasteiger partial charge on any atom is -0.477 e. The number of aliphatic carboxylic acids is 1. The second-order valence-corrected chi connectivity index (χ2v) is 26.7. The molecule has 0 unspecified atom stereocenters. The first-order valence-electron chi connectivity index (χ1n) is 33.6. The lowest BCUT2D eigenvalue weighted by molar-refractivity contribution is -0.405. The monoisotopic (exact) mass is 1550 g/mol. The van der Waals surface area contributed by atoms with E-state index in [1.165, 1.54) is 6.92 Å². The van der Waals surface area contributed by atoms with Gasteiger partial charge in [-0.15, -0.1) is 0 Å². The molecule has 8 saturated heterocycles. The highest BCUT2D eigenvalue weighted by Crippen LogP contribution is 2.42. The van der Waals surface area contributed by atoms with Crippen molar-refractivity contribution in [1.29, 1.82) is 0 Å². The molecule has 0 spiro atoms. The molecule has 47 heteroatoms. The fraction of sp³-hybridized carbons (Fsp3) is 0.915. The second-order valence-electron chi connectivity index (χ2n) is 26.7. The van der Waals surface area contributed by atoms with Gasteiger partial charge in [-0.05, 0) is 6.92 Å². The van der Waals surface area contributed by atoms with Crippen molar-refractivity contribution in [2.45, 2.75) is 292 Å². The average molecular weight is 1550 g/mol. The molecule has 47 nitrogen and oxygen atoms in total. The predicted molar refractivity (Wildman–Crippen MR) is 327 cm³/mol. The van der Waals surface area contributed by atoms with Gasteiger partial charge in [-0.3, -0.25) is 19.2 Å². The summed E-state index contributed by atoms with van der Waals surface area (Å²) in [4.78, 5) is 63.8. The number of ether oxygens (including phenoxy) is 15. The zero-order valence-corrected chi connectivity index (χ0v) is 57.2. The number of rotatable bonds is 28. The summed E-state index contributed by atoms with van der Waals surface area (Å²) < 4.78 is 89.0. The number of amides is 4. The molecule has 0 aromatic rings. The Morgan fingerprint density at radius 2 is 0.783 bits per heavy atom. The lowest BCUT2D eigenvalue weighted by Crippen LogP contribution is -2.72. The number of hydrogen-bond acceptors (Lipinski definition) is 42. The molecule has 0 aromatic heterocycles. The molecule has 0 bridgehead atoms. The number of hydrogen-bond donors (Lipinski definition) is 27. The standard InChI is InChI=1S/C59H98N4O43/c1-14-31(77)38(84)40(86)54(92-14)102-47-30(63-18(5)74)53(98-26(13-70)45(47)101-56-42(88)49(35(81)23(10-67)95-56)106-59(58(90)91)6-19(75)27(60-15(2)71)46(105-59)32(78)20(76)7-64)104-50-39(85)33(79)21(8-65)96-57(50)103-48-34(80)22(9-66)94-55(41(48)87)100-44-25(12-69)97-52(29(37(44)83)62-17(4)73)99-43-24(11-68)93-51(89)28(36(43)82)61-16(3)72/h14,19-57,64-70,75-89H,6-13H2,1-5H3,(H,60,71)(H,61,72)(H,62,73)(H,63,74)(H,90,91)/t14-,19-,20+,21+,22+,23+,24+,25+,26+,27+,28+,29+,30+,31+,32+,33+,34+,35-,36+,37+,38+,39-,40-,41-,42+,43+,44+,45+,46+,47+,48-,49-,50-,51+,52-,53-,54-,55-,56-,57+,59-/m0/s1. The van der Waals surface area contributed by atoms with Crippen molar-refractivity contribution in [3.8, 4) is 0 Å². The molecule has 0 aromatic carbocycles. The highest BCUT2D eigenvalue weighted by atomic mass is 16.8. The van der Waals surface area contributed by atoms with Gasteiger partial charge in [-0.1, -0.05) is 0 Å². The fourth-order valence-electron chi connectivity index (χ4n) is 13.7. The largest absolute Gasteiger partial charge is 0.477 e. The summed E-state index contributed by atoms with van der Waals surface area (Å²) in [7, 11) is 0. The van der Waals surface area contributed by atoms with Crippen molar-refractivity contribution in [3.05, 3.63) is 0 Å². The van der Waals surface area contributed by atoms with Crippen LogP contribution in [-0.4, -0.2) is 444 Å². The molecule has 0 saturated carbocycles. The van der Waals surface area contributed by atoms with Crippen LogP contribution in [-0.2, 0) is 95.0 Å². The first kappa shape index (κ1) is 87.4. The number of aliphatic hydroxyl groups excluding tert-OH is 22. The number of carbonyl (C=O) groups excluding carboxylic acids is 4. The first-order valence-corrected chi connectivity index (χ1v) is 33.6. The Balaban J connectivity index is 1.11. The van der Waals surface area contributed by atoms with Crippen LogP contribution in [0.1, 0.15) is 41.0 Å². The quantitative estimate of drug-likeness (QED) is 0.0346. The van der Waals surface area contributed by atoms with E-state index < -0.39 is 333 Å². The Bertz CT molecular complexity index is 2860. The topological polar surface area (TPSA) is 737 Å². The number of nitrogens with one attached hydrogen (secondary N) is 4. The van der Waals surface area contributed by atoms with Gasteiger partial charge in [0.2, 0.25) is 23.6 Å². The van der Waals surface area contributed by atoms with Crippen LogP contribution in [0.15, 0.2) is 0 Å². The Hall–Kier alpha value is -4.13. The van der Waals surface area contributed by atoms with Crippen molar-refractivity contribution < 1.29 is 212 Å². The molecule has 27 N–H and O–H groups in total. The molecule has 8 fully saturated rings. The molecule has 8 heterocycles. The third-order valence-electron chi connectivity index (χ3n) is 19.2. The second kappa shape index (κ2) is 37.5. The third kappa shape index (κ3) is 19.0. The maximum Gasteiger partial charge on any atom is 0.364 e. The third-order valence-corrected chi connectivity index (χ3v) is 19.2. The van der Waals surface area contributed by atoms with Crippen molar-refractivity contribution in [2.75, 3.05) is 46.2 Å². The Kier molecular flexibility index (Phi) is 30.9. The van der Waals surface area contributed by atoms with Gasteiger partial charge in [-0.25, -0.2) is 4.79 Å². The smallest absolute Gasteiger partial charge is 0.364 e. The highest BCUT2D eigenvalue weighted by Gasteiger charge is 2.63. The van der Waals surface area contributed by atoms with Gasteiger partial charge in [0.05, 0.1) is 64.5 Å². The van der Waals surface area contributed by atoms with Crippen molar-refractivity contribution in [2.24, 2.45) is 0 Å². The molecule has 0 radical (unpaired) electrons. The lowest BCUT2D eigenvalue weighted by Gasteiger charge is -2.52. The molecule has 106 heavy (non-hydrogen) atoms. The van der Waals surface area contributed by atoms with E-state index in [0.717, 1.165) is 27.7 Å². The Labute approximate surface area is 600 Å². The Morgan fingerprint density at radius 3 is 1.31 bits per heavy atom. The van der Waals surface area contributed by atoms with Crippen LogP contribution in [0.2, 0.25) is 0 Å². The average Bonchev–Trinajstić information content (AvgIpc) is 0.795. The van der Waals surface area contributed by atoms with E-state index in [1.807, 2.05) is 0 Å². The van der Waals surface area contributed by atoms with Crippen LogP contribution in [0.3, 0.4) is 0 Å². The van der Waals surface area contributed by atoms with Crippen LogP contribution in [0.5, 0.6) is 0 Å². The zero-order chi connectivity index (χ0) is 78.6. The van der Waals surface area contributed by atoms with Crippen molar-refractivity contribution in [1.82, 2.24) is 21.3 Å². The molecule has 612 valence electrons. The van der Waals surface area contributed by atoms with E-state index in [-0.39, 0.29) is 0 Å². The van der Waals surface area contributed by atoms with Gasteiger partial charge >= 0.3 is 5.97 Å². The molecule has 0 aliphatic carbocycles. The van der Waals surface area contributed by atoms with Gasteiger partial charge in [0.15, 0.2) is 44.0 Å². The number of aliphatic hydroxyl groups is 22. The highest BCUT2D eigenvalue weighted by molar-refractivity contribution is 5.77. The summed E-state index contributed by atoms with van der Waals surface area (Å²) in [6, 6.07) is -7.27. The molecule has 8 rings (SSSR count). The van der Waals surface area contributed by atoms with E-state index in [0.29, 0.717) is 0 Å². The summed E-state index contributed by atoms with van der Waals surface area (Å²) in [5.41, 5.74) is 0. The number of carbonyl (C=O) groups is 5. The van der Waals surface area contributed by atoms with Gasteiger partial charge in [0, 0.05) is 34.1 Å². The molecule has 8 aliphatic rings. The number of carboxylic acid groups (broad SMARTS) is 1. The van der Waals surface area contributed by atoms with Gasteiger partial charge < -0.3 is 210 Å². The van der Waals surface area contributed by atoms with Gasteiger partial charge in [0.1, 0.15) is 183 Å². The number of carboxylic acids is 1. The fourth-order valence-corrected chi connectivity index (χ4v) is 13.7. The summed E-state index contributed by atoms with van der Waals surface area (Å²) in [5, 5.41) is 265. The van der Waals surface area contributed by atoms with Gasteiger partial charge in [-0.2, -0.15) is 0 Å². The van der Waals surface area contributed by atoms with Crippen molar-refractivity contribution >= 4 is 29.6 Å². The first-order chi connectivity index (χ1) is 49.9. The van der Waals surface area contributed by atoms with Crippen LogP contribution >= 0.6 is 0 Å². The minimum absolute atomic E-state index is 0.753. The molecular formula is C59H98N4O43. The Morgan fingerprint density at radius 1 is 0.387 bits per heavy atom. The van der Waals surface area contributed by atoms with E-state index >= 15 is 0 Å². The molecule has 41 atom stereocenters. The lowest BCUT2D eigenvalue weighted by atomic mass is 9.88. The summed E-state index contributed by atoms with van der Waals surface area (Å²) >= 11 is 0. The summed E-state index contributed by atoms with van der Waals surface area (Å²) in [6.07, 6.45) is -77.7. The van der Waals surface area contributed by atoms with E-state index in [4.69, 9.17) is 71.1 Å². The minimum atomic E-state index is -3.33. The maximum atomic E-state index is 13.5. The zero-order valence-electron chi connectivity index (χ0n) is 57.2. The van der Waals surface area contributed by atoms with Gasteiger partial charge in [0.25, 0.3) is 5.79 Å².